The van der Waals surface area contributed by atoms with Gasteiger partial charge < -0.3 is 18.3 Å². The van der Waals surface area contributed by atoms with E-state index in [2.05, 4.69) is 95.2 Å². The van der Waals surface area contributed by atoms with Crippen LogP contribution in [0.3, 0.4) is 0 Å². The maximum Gasteiger partial charge on any atom is 0.252 e. The van der Waals surface area contributed by atoms with Gasteiger partial charge in [-0.25, -0.2) is 0 Å². The number of fused-ring (bicyclic) bond motifs is 24. The zero-order valence-corrected chi connectivity index (χ0v) is 73.8. The van der Waals surface area contributed by atoms with E-state index in [0.717, 1.165) is 22.3 Å². The molecule has 4 aromatic heterocycles. The van der Waals surface area contributed by atoms with E-state index in [-0.39, 0.29) is 145 Å². The highest BCUT2D eigenvalue weighted by molar-refractivity contribution is 7.00. The molecule has 0 aliphatic carbocycles. The average Bonchev–Trinajstić information content (AvgIpc) is 1.64. The molecular formula is C122H103BN4. The summed E-state index contributed by atoms with van der Waals surface area (Å²) in [5.41, 5.74) is 3.62. The van der Waals surface area contributed by atoms with Gasteiger partial charge in [-0.05, 0) is 208 Å². The number of hydrogen-bond donors (Lipinski definition) is 0. The van der Waals surface area contributed by atoms with E-state index < -0.39 is 130 Å². The highest BCUT2D eigenvalue weighted by Crippen LogP contribution is 2.50. The number of hydrogen-bond acceptors (Lipinski definition) is 0. The molecule has 0 saturated heterocycles. The molecule has 127 heavy (non-hydrogen) atoms. The molecule has 0 fully saturated rings. The van der Waals surface area contributed by atoms with E-state index >= 15 is 0 Å². The van der Waals surface area contributed by atoms with Gasteiger partial charge in [0.2, 0.25) is 0 Å². The summed E-state index contributed by atoms with van der Waals surface area (Å²) in [6.07, 6.45) is 0. The van der Waals surface area contributed by atoms with Crippen molar-refractivity contribution in [3.63, 3.8) is 0 Å². The van der Waals surface area contributed by atoms with Gasteiger partial charge in [-0.2, -0.15) is 0 Å². The van der Waals surface area contributed by atoms with Crippen molar-refractivity contribution in [2.45, 2.75) is 131 Å². The van der Waals surface area contributed by atoms with Crippen LogP contribution in [0.4, 0.5) is 0 Å². The van der Waals surface area contributed by atoms with Crippen LogP contribution >= 0.6 is 0 Å². The van der Waals surface area contributed by atoms with E-state index in [1.54, 1.807) is 0 Å². The zero-order chi connectivity index (χ0) is 104. The van der Waals surface area contributed by atoms with E-state index in [1.807, 2.05) is 248 Å². The Morgan fingerprint density at radius 1 is 0.220 bits per heavy atom. The Labute approximate surface area is 772 Å². The Hall–Kier alpha value is -14.0. The van der Waals surface area contributed by atoms with Crippen molar-refractivity contribution in [2.24, 2.45) is 0 Å². The highest BCUT2D eigenvalue weighted by Gasteiger charge is 2.43. The third-order valence-electron chi connectivity index (χ3n) is 26.4. The van der Waals surface area contributed by atoms with Gasteiger partial charge in [0.05, 0.1) is 82.9 Å². The molecular weight excluding hydrogens is 1530 g/mol. The van der Waals surface area contributed by atoms with Crippen molar-refractivity contribution in [3.05, 3.63) is 379 Å². The van der Waals surface area contributed by atoms with Crippen molar-refractivity contribution in [1.29, 1.82) is 0 Å². The van der Waals surface area contributed by atoms with Gasteiger partial charge in [0.1, 0.15) is 0 Å². The molecule has 0 unspecified atom stereocenters. The lowest BCUT2D eigenvalue weighted by Gasteiger charge is -2.38. The minimum absolute atomic E-state index is 0.0101. The third-order valence-corrected chi connectivity index (χ3v) is 26.4. The normalized spacial score (nSPS) is 15.2. The molecule has 0 N–H and O–H groups in total. The van der Waals surface area contributed by atoms with Crippen molar-refractivity contribution in [1.82, 2.24) is 18.3 Å². The molecule has 0 radical (unpaired) electrons. The minimum atomic E-state index is -1.73. The number of nitrogens with zero attached hydrogens (tertiary/aromatic N) is 4. The summed E-state index contributed by atoms with van der Waals surface area (Å²) in [6, 6.07) is 63.6. The fourth-order valence-electron chi connectivity index (χ4n) is 19.9. The molecule has 17 aromatic carbocycles. The molecule has 4 nitrogen and oxygen atoms in total. The molecule has 0 atom stereocenters. The summed E-state index contributed by atoms with van der Waals surface area (Å²) >= 11 is 0. The average molecular weight is 1660 g/mol. The van der Waals surface area contributed by atoms with Crippen LogP contribution in [0.2, 0.25) is 0 Å². The molecule has 2 aliphatic rings. The third kappa shape index (κ3) is 12.1. The van der Waals surface area contributed by atoms with E-state index in [9.17, 15) is 27.4 Å². The van der Waals surface area contributed by atoms with E-state index in [1.165, 1.54) is 9.13 Å². The lowest BCUT2D eigenvalue weighted by molar-refractivity contribution is 0.568. The minimum Gasteiger partial charge on any atom is -0.309 e. The quantitative estimate of drug-likeness (QED) is 0.148. The summed E-state index contributed by atoms with van der Waals surface area (Å²) in [7, 11) is 0. The number of aromatic nitrogens is 4. The molecule has 23 rings (SSSR count). The Bertz CT molecular complexity index is 9150. The van der Waals surface area contributed by atoms with Gasteiger partial charge in [0.25, 0.3) is 6.71 Å². The van der Waals surface area contributed by atoms with Crippen LogP contribution in [0.1, 0.15) is 159 Å². The second-order valence-electron chi connectivity index (χ2n) is 39.5. The number of rotatable bonds is 6. The summed E-state index contributed by atoms with van der Waals surface area (Å²) in [4.78, 5) is 0. The van der Waals surface area contributed by atoms with Gasteiger partial charge in [0.15, 0.2) is 0 Å². The Morgan fingerprint density at radius 3 is 0.898 bits per heavy atom. The van der Waals surface area contributed by atoms with Gasteiger partial charge in [-0.1, -0.05) is 395 Å². The molecule has 2 aliphatic heterocycles. The van der Waals surface area contributed by atoms with Crippen molar-refractivity contribution >= 4 is 153 Å². The maximum absolute atomic E-state index is 12.2. The van der Waals surface area contributed by atoms with Crippen molar-refractivity contribution < 1.29 is 27.4 Å². The van der Waals surface area contributed by atoms with Crippen LogP contribution in [0.15, 0.2) is 351 Å². The van der Waals surface area contributed by atoms with Gasteiger partial charge in [0, 0.05) is 65.6 Å². The predicted octanol–water partition coefficient (Wildman–Crippen LogP) is 31.2. The molecule has 0 saturated carbocycles. The fourth-order valence-corrected chi connectivity index (χ4v) is 19.9. The lowest BCUT2D eigenvalue weighted by Crippen LogP contribution is -2.60. The first kappa shape index (κ1) is 59.0. The van der Waals surface area contributed by atoms with E-state index in [4.69, 9.17) is 0 Å². The first-order valence-electron chi connectivity index (χ1n) is 53.9. The second-order valence-corrected chi connectivity index (χ2v) is 39.5. The van der Waals surface area contributed by atoms with Crippen molar-refractivity contribution in [3.8, 4) is 67.3 Å². The molecule has 0 amide bonds. The summed E-state index contributed by atoms with van der Waals surface area (Å²) in [5, 5.41) is 5.06. The van der Waals surface area contributed by atoms with Crippen LogP contribution in [0.25, 0.3) is 198 Å². The molecule has 0 bridgehead atoms. The topological polar surface area (TPSA) is 19.7 Å². The zero-order valence-electron chi connectivity index (χ0n) is 93.8. The smallest absolute Gasteiger partial charge is 0.252 e. The van der Waals surface area contributed by atoms with Gasteiger partial charge in [-0.15, -0.1) is 0 Å². The molecule has 6 heterocycles. The largest absolute Gasteiger partial charge is 0.309 e. The van der Waals surface area contributed by atoms with Crippen LogP contribution in [0.5, 0.6) is 0 Å². The SMILES string of the molecule is [2H]c1c2c3c(c([2H])c1C(C)(C)C)-n1c4c(-c5ccccc5)cccc4c4ccccc4c4ccccc4c4c(-n5c6c([2H])c([2H])c([2H])c([2H])c6c6c([2H])c(-c7cc(C(C)(C)C)cc(C(C)(C)C)c7)c([2H])c([2H])c65)c([2H])c([2H])c(c41)B3c1c([2H])c([2H])c(-n3c4c([2H])c([2H])c([2H])c([2H])c4c4c([2H])c(-c5cc(C(C)(C)C)cc(C(C)(C)C)c5)c([2H])c([2H])c43)c3c4ccccc4c4ccccc4c4cccc(-c5ccccc5)c4n-2c13. The fraction of sp³-hybridized carbons (Fsp3) is 0.164. The van der Waals surface area contributed by atoms with E-state index in [0.29, 0.717) is 98.3 Å². The van der Waals surface area contributed by atoms with Crippen LogP contribution < -0.4 is 16.4 Å². The monoisotopic (exact) mass is 1650 g/mol. The van der Waals surface area contributed by atoms with Gasteiger partial charge >= 0.3 is 0 Å². The number of para-hydroxylation sites is 4. The molecule has 0 spiro atoms. The highest BCUT2D eigenvalue weighted by atomic mass is 15.1. The standard InChI is InChI=1S/C122H103BN4/c1-118(2,3)80-64-78(65-81(70-80)119(4,5)6)76-56-60-105-99(68-76)93-46-30-32-54-103(93)124(105)107-62-58-101-116-111(107)95-48-28-26-42-89(95)87-40-22-24-44-91(87)97-52-34-50-85(74-36-18-16-19-37-74)114(97)126(116)109-72-84(122(13,14)15)73-110-113(109)123(101)102-59-63-108(125-104-55-33-31-47-94(104)100-69-77(57-61-106(100)125)79-66-82(120(7,8)9)71-83(67-79)121(10,11)12)112-96-49-29-27-43-90(96)88-41-23-25-45-92(88)98-53-35-51-86(75-38-20-17-21-39-75)115(98)127(110)117(102)112/h16-73H,1-15H3/i30D,31D,32D,33D,46D,47D,54D,55D,56D,57D,58D,59D,60D,61D,62D,63D,68D,69D,72D,73D. The van der Waals surface area contributed by atoms with Crippen molar-refractivity contribution in [2.75, 3.05) is 0 Å². The summed E-state index contributed by atoms with van der Waals surface area (Å²) in [6.45, 7) is 28.9. The summed E-state index contributed by atoms with van der Waals surface area (Å²) < 4.78 is 227. The first-order valence-corrected chi connectivity index (χ1v) is 43.9. The number of benzene rings is 17. The maximum atomic E-state index is 12.2. The second kappa shape index (κ2) is 28.3. The Kier molecular flexibility index (Phi) is 13.1. The Balaban J connectivity index is 1.05. The molecule has 21 aromatic rings. The van der Waals surface area contributed by atoms with Gasteiger partial charge in [-0.3, -0.25) is 0 Å². The first-order chi connectivity index (χ1) is 69.6. The molecule has 614 valence electrons. The van der Waals surface area contributed by atoms with Crippen LogP contribution in [-0.4, -0.2) is 25.0 Å². The van der Waals surface area contributed by atoms with Crippen LogP contribution in [-0.2, 0) is 27.1 Å². The predicted molar refractivity (Wildman–Crippen MR) is 549 cm³/mol. The molecule has 5 heteroatoms. The lowest BCUT2D eigenvalue weighted by atomic mass is 9.34. The van der Waals surface area contributed by atoms with Crippen LogP contribution in [0, 0.1) is 0 Å². The Morgan fingerprint density at radius 2 is 0.535 bits per heavy atom. The summed E-state index contributed by atoms with van der Waals surface area (Å²) in [5.74, 6) is 0.